The van der Waals surface area contributed by atoms with Crippen LogP contribution in [0.2, 0.25) is 0 Å². The molecule has 0 aliphatic carbocycles. The molecule has 0 unspecified atom stereocenters. The molecule has 0 fully saturated rings. The number of hydrogen-bond donors (Lipinski definition) is 1. The molecular weight excluding hydrogens is 425 g/mol. The van der Waals surface area contributed by atoms with Crippen LogP contribution in [0.3, 0.4) is 0 Å². The lowest BCUT2D eigenvalue weighted by Crippen LogP contribution is -2.55. The average Bonchev–Trinajstić information content (AvgIpc) is 2.77. The molecule has 2 rings (SSSR count). The lowest BCUT2D eigenvalue weighted by atomic mass is 10.3. The van der Waals surface area contributed by atoms with Crippen molar-refractivity contribution in [1.82, 2.24) is 4.90 Å². The molecule has 0 bridgehead atoms. The number of carboxylic acid groups (broad SMARTS) is 1. The molecule has 0 saturated carbocycles. The normalized spacial score (nSPS) is 11.3. The minimum Gasteiger partial charge on any atom is -0.497 e. The monoisotopic (exact) mass is 451 g/mol. The first-order valence-corrected chi connectivity index (χ1v) is 11.3. The zero-order valence-corrected chi connectivity index (χ0v) is 18.9. The Balaban J connectivity index is 2.43. The van der Waals surface area contributed by atoms with Crippen molar-refractivity contribution in [3.8, 4) is 23.0 Å². The maximum Gasteiger partial charge on any atom is 0.371 e. The largest absolute Gasteiger partial charge is 0.497 e. The first-order valence-electron chi connectivity index (χ1n) is 9.43. The Kier molecular flexibility index (Phi) is 9.30. The molecule has 0 saturated heterocycles. The Morgan fingerprint density at radius 2 is 1.40 bits per heavy atom. The topological polar surface area (TPSA) is 77.5 Å². The SMILES string of the molecule is CCCCN(CC(=O)O)C(Oc1ccc(OC)cc1)(Oc1ccc(OC)cc1)P=S. The summed E-state index contributed by atoms with van der Waals surface area (Å²) in [4.78, 5) is 13.2. The van der Waals surface area contributed by atoms with Gasteiger partial charge in [-0.25, -0.2) is 4.90 Å². The molecule has 0 spiro atoms. The summed E-state index contributed by atoms with van der Waals surface area (Å²) < 4.78 is 22.8. The van der Waals surface area contributed by atoms with E-state index >= 15 is 0 Å². The number of carbonyl (C=O) groups is 1. The van der Waals surface area contributed by atoms with Crippen molar-refractivity contribution in [1.29, 1.82) is 0 Å². The van der Waals surface area contributed by atoms with Crippen molar-refractivity contribution in [2.75, 3.05) is 27.3 Å². The summed E-state index contributed by atoms with van der Waals surface area (Å²) in [6.07, 6.45) is 1.64. The zero-order chi connectivity index (χ0) is 22.0. The van der Waals surface area contributed by atoms with Gasteiger partial charge in [-0.1, -0.05) is 13.3 Å². The maximum absolute atomic E-state index is 11.6. The van der Waals surface area contributed by atoms with E-state index in [1.54, 1.807) is 67.7 Å². The Hall–Kier alpha value is -2.41. The summed E-state index contributed by atoms with van der Waals surface area (Å²) in [6, 6.07) is 13.9. The molecule has 2 aromatic rings. The fourth-order valence-corrected chi connectivity index (χ4v) is 3.81. The van der Waals surface area contributed by atoms with Gasteiger partial charge in [-0.15, -0.1) is 0 Å². The lowest BCUT2D eigenvalue weighted by Gasteiger charge is -2.38. The van der Waals surface area contributed by atoms with Gasteiger partial charge < -0.3 is 24.1 Å². The highest BCUT2D eigenvalue weighted by molar-refractivity contribution is 7.96. The molecule has 0 heterocycles. The van der Waals surface area contributed by atoms with E-state index < -0.39 is 11.6 Å². The van der Waals surface area contributed by atoms with E-state index in [-0.39, 0.29) is 13.9 Å². The summed E-state index contributed by atoms with van der Waals surface area (Å²) in [6.45, 7) is 2.19. The minimum atomic E-state index is -1.51. The van der Waals surface area contributed by atoms with Crippen LogP contribution in [0.25, 0.3) is 0 Å². The predicted molar refractivity (Wildman–Crippen MR) is 118 cm³/mol. The molecule has 0 aromatic heterocycles. The molecule has 0 radical (unpaired) electrons. The van der Waals surface area contributed by atoms with Crippen molar-refractivity contribution >= 4 is 25.1 Å². The number of methoxy groups -OCH3 is 2. The van der Waals surface area contributed by atoms with Gasteiger partial charge in [0.15, 0.2) is 0 Å². The van der Waals surface area contributed by atoms with Gasteiger partial charge in [-0.3, -0.25) is 4.79 Å². The fourth-order valence-electron chi connectivity index (χ4n) is 2.67. The molecule has 2 aromatic carbocycles. The Labute approximate surface area is 183 Å². The van der Waals surface area contributed by atoms with E-state index in [1.807, 2.05) is 6.92 Å². The highest BCUT2D eigenvalue weighted by atomic mass is 32.4. The van der Waals surface area contributed by atoms with Gasteiger partial charge in [0.25, 0.3) is 0 Å². The van der Waals surface area contributed by atoms with Gasteiger partial charge in [-0.05, 0) is 66.8 Å². The van der Waals surface area contributed by atoms with E-state index in [4.69, 9.17) is 30.8 Å². The molecule has 0 aliphatic heterocycles. The maximum atomic E-state index is 11.6. The van der Waals surface area contributed by atoms with Crippen molar-refractivity contribution < 1.29 is 28.8 Å². The van der Waals surface area contributed by atoms with Gasteiger partial charge in [0, 0.05) is 6.54 Å². The quantitative estimate of drug-likeness (QED) is 0.355. The Bertz CT molecular complexity index is 766. The first-order chi connectivity index (χ1) is 14.5. The first kappa shape index (κ1) is 23.9. The number of hydrogen-bond acceptors (Lipinski definition) is 7. The van der Waals surface area contributed by atoms with E-state index in [9.17, 15) is 9.90 Å². The van der Waals surface area contributed by atoms with Crippen molar-refractivity contribution in [2.45, 2.75) is 25.4 Å². The second-order valence-corrected chi connectivity index (χ2v) is 7.66. The smallest absolute Gasteiger partial charge is 0.371 e. The van der Waals surface area contributed by atoms with Crippen LogP contribution in [0, 0.1) is 0 Å². The third-order valence-corrected chi connectivity index (χ3v) is 5.63. The number of aliphatic carboxylic acids is 1. The second-order valence-electron chi connectivity index (χ2n) is 6.36. The van der Waals surface area contributed by atoms with Gasteiger partial charge in [-0.2, -0.15) is 0 Å². The van der Waals surface area contributed by atoms with E-state index in [1.165, 1.54) is 0 Å². The summed E-state index contributed by atoms with van der Waals surface area (Å²) in [5.74, 6) is 1.31. The van der Waals surface area contributed by atoms with Gasteiger partial charge in [0.1, 0.15) is 29.5 Å². The van der Waals surface area contributed by atoms with Crippen LogP contribution in [0.1, 0.15) is 19.8 Å². The molecule has 0 aliphatic rings. The number of carboxylic acids is 1. The molecule has 7 nitrogen and oxygen atoms in total. The number of rotatable bonds is 13. The number of benzene rings is 2. The van der Waals surface area contributed by atoms with Crippen LogP contribution in [-0.2, 0) is 16.6 Å². The third-order valence-electron chi connectivity index (χ3n) is 4.24. The summed E-state index contributed by atoms with van der Waals surface area (Å²) in [7, 11) is 3.44. The Morgan fingerprint density at radius 1 is 0.967 bits per heavy atom. The van der Waals surface area contributed by atoms with Gasteiger partial charge in [0.05, 0.1) is 21.6 Å². The number of nitrogens with zero attached hydrogens (tertiary/aromatic N) is 1. The molecule has 0 amide bonds. The fraction of sp³-hybridized carbons (Fsp3) is 0.381. The van der Waals surface area contributed by atoms with E-state index in [0.29, 0.717) is 29.5 Å². The predicted octanol–water partition coefficient (Wildman–Crippen LogP) is 4.37. The van der Waals surface area contributed by atoms with Gasteiger partial charge in [0.2, 0.25) is 0 Å². The van der Waals surface area contributed by atoms with Gasteiger partial charge >= 0.3 is 11.6 Å². The molecule has 1 N–H and O–H groups in total. The highest BCUT2D eigenvalue weighted by Gasteiger charge is 2.42. The Morgan fingerprint density at radius 3 is 1.73 bits per heavy atom. The van der Waals surface area contributed by atoms with Crippen molar-refractivity contribution in [3.63, 3.8) is 0 Å². The van der Waals surface area contributed by atoms with Crippen LogP contribution in [0.4, 0.5) is 0 Å². The summed E-state index contributed by atoms with van der Waals surface area (Å²) in [5.41, 5.74) is -1.51. The van der Waals surface area contributed by atoms with E-state index in [2.05, 4.69) is 0 Å². The molecule has 9 heteroatoms. The van der Waals surface area contributed by atoms with Crippen LogP contribution >= 0.6 is 7.36 Å². The van der Waals surface area contributed by atoms with E-state index in [0.717, 1.165) is 12.8 Å². The lowest BCUT2D eigenvalue weighted by molar-refractivity contribution is -0.167. The standard InChI is InChI=1S/C21H26NO6PS/c1-4-5-14-22(15-20(23)24)21(29-30,27-18-10-6-16(25-2)7-11-18)28-19-12-8-17(26-3)9-13-19/h6-13H,4-5,14-15H2,1-3H3,(H,23,24). The average molecular weight is 451 g/mol. The molecular formula is C21H26NO6PS. The molecule has 0 atom stereocenters. The molecule has 30 heavy (non-hydrogen) atoms. The summed E-state index contributed by atoms with van der Waals surface area (Å²) in [5, 5.41) is 9.49. The number of ether oxygens (including phenoxy) is 4. The molecule has 162 valence electrons. The van der Waals surface area contributed by atoms with Crippen LogP contribution in [-0.4, -0.2) is 48.9 Å². The van der Waals surface area contributed by atoms with Crippen molar-refractivity contribution in [2.24, 2.45) is 0 Å². The second kappa shape index (κ2) is 11.7. The minimum absolute atomic E-state index is 0.281. The number of unbranched alkanes of at least 4 members (excludes halogenated alkanes) is 1. The van der Waals surface area contributed by atoms with Crippen LogP contribution in [0.5, 0.6) is 23.0 Å². The zero-order valence-electron chi connectivity index (χ0n) is 17.2. The highest BCUT2D eigenvalue weighted by Crippen LogP contribution is 2.36. The summed E-state index contributed by atoms with van der Waals surface area (Å²) >= 11 is 5.40. The van der Waals surface area contributed by atoms with Crippen molar-refractivity contribution in [3.05, 3.63) is 48.5 Å². The third kappa shape index (κ3) is 6.55. The van der Waals surface area contributed by atoms with Crippen LogP contribution in [0.15, 0.2) is 48.5 Å². The van der Waals surface area contributed by atoms with Crippen LogP contribution < -0.4 is 18.9 Å².